The van der Waals surface area contributed by atoms with Crippen LogP contribution in [0.5, 0.6) is 0 Å². The zero-order valence-corrected chi connectivity index (χ0v) is 10.8. The van der Waals surface area contributed by atoms with Gasteiger partial charge in [0.15, 0.2) is 0 Å². The Morgan fingerprint density at radius 2 is 2.21 bits per heavy atom. The minimum absolute atomic E-state index is 0.654. The van der Waals surface area contributed by atoms with Crippen LogP contribution in [0.3, 0.4) is 0 Å². The third kappa shape index (κ3) is 2.48. The molecule has 96 valence electrons. The van der Waals surface area contributed by atoms with Crippen molar-refractivity contribution in [2.75, 3.05) is 5.32 Å². The van der Waals surface area contributed by atoms with Crippen LogP contribution in [-0.4, -0.2) is 9.78 Å². The lowest BCUT2D eigenvalue weighted by molar-refractivity contribution is 0.564. The largest absolute Gasteiger partial charge is 0.472 e. The van der Waals surface area contributed by atoms with E-state index in [1.54, 1.807) is 23.4 Å². The minimum atomic E-state index is 0.654. The fourth-order valence-corrected chi connectivity index (χ4v) is 2.14. The van der Waals surface area contributed by atoms with Crippen molar-refractivity contribution in [2.24, 2.45) is 0 Å². The summed E-state index contributed by atoms with van der Waals surface area (Å²) in [4.78, 5) is 0. The van der Waals surface area contributed by atoms with Crippen LogP contribution in [-0.2, 0) is 6.54 Å². The second-order valence-corrected chi connectivity index (χ2v) is 4.48. The van der Waals surface area contributed by atoms with E-state index >= 15 is 0 Å². The van der Waals surface area contributed by atoms with Gasteiger partial charge >= 0.3 is 0 Å². The van der Waals surface area contributed by atoms with Crippen molar-refractivity contribution >= 4 is 17.3 Å². The molecule has 0 fully saturated rings. The van der Waals surface area contributed by atoms with E-state index in [1.807, 2.05) is 36.5 Å². The number of furan rings is 1. The molecule has 0 radical (unpaired) electrons. The Hall–Kier alpha value is -2.20. The van der Waals surface area contributed by atoms with E-state index in [1.165, 1.54) is 0 Å². The average molecular weight is 274 g/mol. The lowest BCUT2D eigenvalue weighted by Gasteiger charge is -2.13. The maximum Gasteiger partial charge on any atom is 0.106 e. The number of nitrogens with zero attached hydrogens (tertiary/aromatic N) is 2. The predicted molar refractivity (Wildman–Crippen MR) is 74.6 cm³/mol. The Morgan fingerprint density at radius 3 is 2.95 bits per heavy atom. The third-order valence-corrected chi connectivity index (χ3v) is 3.09. The highest BCUT2D eigenvalue weighted by Gasteiger charge is 2.09. The van der Waals surface area contributed by atoms with Gasteiger partial charge in [-0.25, -0.2) is 4.68 Å². The Labute approximate surface area is 115 Å². The van der Waals surface area contributed by atoms with Crippen LogP contribution in [0.1, 0.15) is 5.56 Å². The Morgan fingerprint density at radius 1 is 1.26 bits per heavy atom. The summed E-state index contributed by atoms with van der Waals surface area (Å²) in [5, 5.41) is 8.22. The van der Waals surface area contributed by atoms with Gasteiger partial charge in [-0.1, -0.05) is 17.7 Å². The molecule has 5 heteroatoms. The molecule has 0 aliphatic rings. The number of para-hydroxylation sites is 1. The fourth-order valence-electron chi connectivity index (χ4n) is 1.88. The molecule has 0 aliphatic carbocycles. The number of halogens is 1. The SMILES string of the molecule is Clc1cccc(NCc2ccoc2)c1-n1cccn1. The first-order valence-corrected chi connectivity index (χ1v) is 6.26. The van der Waals surface area contributed by atoms with Gasteiger partial charge in [0.1, 0.15) is 5.69 Å². The van der Waals surface area contributed by atoms with Crippen molar-refractivity contribution < 1.29 is 4.42 Å². The first-order valence-electron chi connectivity index (χ1n) is 5.88. The van der Waals surface area contributed by atoms with Crippen LogP contribution in [0.15, 0.2) is 59.7 Å². The van der Waals surface area contributed by atoms with Gasteiger partial charge < -0.3 is 9.73 Å². The summed E-state index contributed by atoms with van der Waals surface area (Å²) < 4.78 is 6.80. The molecule has 0 saturated carbocycles. The third-order valence-electron chi connectivity index (χ3n) is 2.78. The van der Waals surface area contributed by atoms with Crippen LogP contribution in [0, 0.1) is 0 Å². The second kappa shape index (κ2) is 5.20. The molecule has 4 nitrogen and oxygen atoms in total. The number of hydrogen-bond acceptors (Lipinski definition) is 3. The van der Waals surface area contributed by atoms with Crippen LogP contribution in [0.2, 0.25) is 5.02 Å². The van der Waals surface area contributed by atoms with Crippen LogP contribution >= 0.6 is 11.6 Å². The Balaban J connectivity index is 1.91. The van der Waals surface area contributed by atoms with Crippen molar-refractivity contribution in [3.8, 4) is 5.69 Å². The van der Waals surface area contributed by atoms with Crippen LogP contribution < -0.4 is 5.32 Å². The highest BCUT2D eigenvalue weighted by atomic mass is 35.5. The summed E-state index contributed by atoms with van der Waals surface area (Å²) in [6.07, 6.45) is 6.96. The van der Waals surface area contributed by atoms with Gasteiger partial charge in [-0.2, -0.15) is 5.10 Å². The summed E-state index contributed by atoms with van der Waals surface area (Å²) in [6.45, 7) is 0.672. The molecule has 0 unspecified atom stereocenters. The van der Waals surface area contributed by atoms with E-state index < -0.39 is 0 Å². The van der Waals surface area contributed by atoms with Crippen molar-refractivity contribution in [3.63, 3.8) is 0 Å². The van der Waals surface area contributed by atoms with Gasteiger partial charge in [0.05, 0.1) is 23.2 Å². The lowest BCUT2D eigenvalue weighted by atomic mass is 10.2. The first-order chi connectivity index (χ1) is 9.34. The molecule has 0 amide bonds. The predicted octanol–water partition coefficient (Wildman–Crippen LogP) is 3.73. The van der Waals surface area contributed by atoms with Crippen molar-refractivity contribution in [2.45, 2.75) is 6.54 Å². The van der Waals surface area contributed by atoms with Crippen LogP contribution in [0.25, 0.3) is 5.69 Å². The Kier molecular flexibility index (Phi) is 3.25. The lowest BCUT2D eigenvalue weighted by Crippen LogP contribution is -2.05. The molecule has 0 spiro atoms. The molecular formula is C14H12ClN3O. The molecule has 3 aromatic rings. The number of rotatable bonds is 4. The fraction of sp³-hybridized carbons (Fsp3) is 0.0714. The van der Waals surface area contributed by atoms with Gasteiger partial charge in [-0.15, -0.1) is 0 Å². The van der Waals surface area contributed by atoms with Gasteiger partial charge in [-0.05, 0) is 24.3 Å². The monoisotopic (exact) mass is 273 g/mol. The minimum Gasteiger partial charge on any atom is -0.472 e. The highest BCUT2D eigenvalue weighted by Crippen LogP contribution is 2.28. The maximum absolute atomic E-state index is 6.26. The number of benzene rings is 1. The van der Waals surface area contributed by atoms with E-state index in [9.17, 15) is 0 Å². The van der Waals surface area contributed by atoms with Crippen molar-refractivity contribution in [1.29, 1.82) is 0 Å². The molecule has 1 N–H and O–H groups in total. The van der Waals surface area contributed by atoms with Gasteiger partial charge in [-0.3, -0.25) is 0 Å². The molecule has 3 rings (SSSR count). The quantitative estimate of drug-likeness (QED) is 0.788. The van der Waals surface area contributed by atoms with E-state index in [4.69, 9.17) is 16.0 Å². The van der Waals surface area contributed by atoms with Gasteiger partial charge in [0.25, 0.3) is 0 Å². The number of aromatic nitrogens is 2. The van der Waals surface area contributed by atoms with Gasteiger partial charge in [0.2, 0.25) is 0 Å². The normalized spacial score (nSPS) is 10.6. The van der Waals surface area contributed by atoms with E-state index in [0.29, 0.717) is 11.6 Å². The molecule has 2 aromatic heterocycles. The zero-order chi connectivity index (χ0) is 13.1. The number of hydrogen-bond donors (Lipinski definition) is 1. The molecule has 19 heavy (non-hydrogen) atoms. The summed E-state index contributed by atoms with van der Waals surface area (Å²) in [6, 6.07) is 9.52. The molecular weight excluding hydrogens is 262 g/mol. The number of anilines is 1. The molecule has 0 atom stereocenters. The summed E-state index contributed by atoms with van der Waals surface area (Å²) in [5.74, 6) is 0. The van der Waals surface area contributed by atoms with Crippen LogP contribution in [0.4, 0.5) is 5.69 Å². The standard InChI is InChI=1S/C14H12ClN3O/c15-12-3-1-4-13(14(12)18-7-2-6-17-18)16-9-11-5-8-19-10-11/h1-8,10,16H,9H2. The Bertz CT molecular complexity index is 647. The smallest absolute Gasteiger partial charge is 0.106 e. The summed E-state index contributed by atoms with van der Waals surface area (Å²) in [7, 11) is 0. The van der Waals surface area contributed by atoms with E-state index in [2.05, 4.69) is 10.4 Å². The molecule has 0 saturated heterocycles. The zero-order valence-electron chi connectivity index (χ0n) is 10.1. The molecule has 1 aromatic carbocycles. The van der Waals surface area contributed by atoms with E-state index in [0.717, 1.165) is 16.9 Å². The maximum atomic E-state index is 6.26. The van der Waals surface area contributed by atoms with Gasteiger partial charge in [0, 0.05) is 24.5 Å². The highest BCUT2D eigenvalue weighted by molar-refractivity contribution is 6.33. The van der Waals surface area contributed by atoms with Crippen molar-refractivity contribution in [1.82, 2.24) is 9.78 Å². The van der Waals surface area contributed by atoms with Crippen molar-refractivity contribution in [3.05, 3.63) is 65.8 Å². The molecule has 0 bridgehead atoms. The second-order valence-electron chi connectivity index (χ2n) is 4.07. The summed E-state index contributed by atoms with van der Waals surface area (Å²) in [5.41, 5.74) is 2.85. The molecule has 2 heterocycles. The average Bonchev–Trinajstić information content (AvgIpc) is 3.09. The topological polar surface area (TPSA) is 43.0 Å². The first kappa shape index (κ1) is 11.9. The van der Waals surface area contributed by atoms with E-state index in [-0.39, 0.29) is 0 Å². The molecule has 0 aliphatic heterocycles. The summed E-state index contributed by atoms with van der Waals surface area (Å²) >= 11 is 6.26. The number of nitrogens with one attached hydrogen (secondary N) is 1.